The van der Waals surface area contributed by atoms with E-state index in [2.05, 4.69) is 31.5 Å². The van der Waals surface area contributed by atoms with Crippen LogP contribution in [0.5, 0.6) is 0 Å². The summed E-state index contributed by atoms with van der Waals surface area (Å²) in [7, 11) is 0. The Hall–Kier alpha value is -0.910. The van der Waals surface area contributed by atoms with Crippen molar-refractivity contribution in [3.63, 3.8) is 0 Å². The predicted molar refractivity (Wildman–Crippen MR) is 89.8 cm³/mol. The molecular weight excluding hydrogens is 375 g/mol. The van der Waals surface area contributed by atoms with Crippen molar-refractivity contribution in [3.05, 3.63) is 50.6 Å². The summed E-state index contributed by atoms with van der Waals surface area (Å²) < 4.78 is 17.1. The van der Waals surface area contributed by atoms with Crippen LogP contribution >= 0.6 is 38.9 Å². The van der Waals surface area contributed by atoms with Gasteiger partial charge in [-0.25, -0.2) is 9.37 Å². The van der Waals surface area contributed by atoms with Gasteiger partial charge in [0.2, 0.25) is 0 Å². The van der Waals surface area contributed by atoms with Crippen molar-refractivity contribution in [1.82, 2.24) is 9.55 Å². The molecule has 0 saturated heterocycles. The maximum atomic E-state index is 13.9. The van der Waals surface area contributed by atoms with Crippen LogP contribution in [0.15, 0.2) is 34.1 Å². The van der Waals surface area contributed by atoms with Gasteiger partial charge in [-0.1, -0.05) is 6.07 Å². The molecule has 0 aliphatic carbocycles. The lowest BCUT2D eigenvalue weighted by Crippen LogP contribution is -2.06. The largest absolute Gasteiger partial charge is 0.327 e. The Morgan fingerprint density at radius 2 is 2.10 bits per heavy atom. The van der Waals surface area contributed by atoms with Gasteiger partial charge in [-0.2, -0.15) is 0 Å². The van der Waals surface area contributed by atoms with Gasteiger partial charge in [-0.15, -0.1) is 22.9 Å². The van der Waals surface area contributed by atoms with Crippen LogP contribution in [0.2, 0.25) is 0 Å². The fourth-order valence-corrected chi connectivity index (χ4v) is 4.03. The number of para-hydroxylation sites is 1. The molecule has 2 heterocycles. The van der Waals surface area contributed by atoms with E-state index in [4.69, 9.17) is 11.6 Å². The van der Waals surface area contributed by atoms with E-state index in [-0.39, 0.29) is 5.82 Å². The minimum absolute atomic E-state index is 0.277. The Labute approximate surface area is 139 Å². The van der Waals surface area contributed by atoms with Gasteiger partial charge in [-0.05, 0) is 46.6 Å². The zero-order valence-corrected chi connectivity index (χ0v) is 14.3. The molecule has 0 aliphatic heterocycles. The number of rotatable bonds is 5. The molecule has 1 aromatic carbocycles. The van der Waals surface area contributed by atoms with E-state index in [1.165, 1.54) is 10.9 Å². The maximum absolute atomic E-state index is 13.9. The smallest absolute Gasteiger partial charge is 0.151 e. The van der Waals surface area contributed by atoms with Gasteiger partial charge in [0.1, 0.15) is 11.3 Å². The van der Waals surface area contributed by atoms with Crippen LogP contribution in [0.3, 0.4) is 0 Å². The summed E-state index contributed by atoms with van der Waals surface area (Å²) in [5.74, 6) is 1.05. The normalized spacial score (nSPS) is 11.4. The zero-order valence-electron chi connectivity index (χ0n) is 11.2. The first-order chi connectivity index (χ1) is 10.2. The number of fused-ring (bicyclic) bond motifs is 1. The Balaban J connectivity index is 1.95. The van der Waals surface area contributed by atoms with Crippen LogP contribution in [-0.4, -0.2) is 15.4 Å². The number of hydrogen-bond donors (Lipinski definition) is 0. The van der Waals surface area contributed by atoms with E-state index in [1.54, 1.807) is 17.4 Å². The summed E-state index contributed by atoms with van der Waals surface area (Å²) in [5, 5.41) is 0. The van der Waals surface area contributed by atoms with Gasteiger partial charge < -0.3 is 4.57 Å². The second-order valence-corrected chi connectivity index (χ2v) is 7.61. The molecule has 0 bridgehead atoms. The second kappa shape index (κ2) is 6.46. The third-order valence-electron chi connectivity index (χ3n) is 3.34. The first-order valence-electron chi connectivity index (χ1n) is 6.63. The molecule has 0 atom stereocenters. The van der Waals surface area contributed by atoms with Crippen molar-refractivity contribution >= 4 is 49.9 Å². The minimum Gasteiger partial charge on any atom is -0.327 e. The summed E-state index contributed by atoms with van der Waals surface area (Å²) in [6, 6.07) is 9.23. The van der Waals surface area contributed by atoms with Gasteiger partial charge in [-0.3, -0.25) is 0 Å². The fourth-order valence-electron chi connectivity index (χ4n) is 2.39. The van der Waals surface area contributed by atoms with Gasteiger partial charge >= 0.3 is 0 Å². The maximum Gasteiger partial charge on any atom is 0.151 e. The molecule has 0 unspecified atom stereocenters. The number of thiophene rings is 1. The van der Waals surface area contributed by atoms with Gasteiger partial charge in [0.05, 0.1) is 9.30 Å². The lowest BCUT2D eigenvalue weighted by atomic mass is 10.3. The number of aromatic nitrogens is 2. The van der Waals surface area contributed by atoms with Crippen molar-refractivity contribution in [2.75, 3.05) is 5.88 Å². The van der Waals surface area contributed by atoms with Crippen LogP contribution in [0.4, 0.5) is 4.39 Å². The summed E-state index contributed by atoms with van der Waals surface area (Å²) in [5.41, 5.74) is 1.27. The molecule has 2 aromatic heterocycles. The Bertz CT molecular complexity index is 768. The van der Waals surface area contributed by atoms with E-state index >= 15 is 0 Å². The zero-order chi connectivity index (χ0) is 14.8. The van der Waals surface area contributed by atoms with Crippen molar-refractivity contribution < 1.29 is 4.39 Å². The summed E-state index contributed by atoms with van der Waals surface area (Å²) in [6.07, 6.45) is 1.54. The lowest BCUT2D eigenvalue weighted by molar-refractivity contribution is 0.637. The van der Waals surface area contributed by atoms with Crippen molar-refractivity contribution in [1.29, 1.82) is 0 Å². The number of benzene rings is 1. The average molecular weight is 388 g/mol. The number of hydrogen-bond acceptors (Lipinski definition) is 2. The molecule has 0 spiro atoms. The predicted octanol–water partition coefficient (Wildman–Crippen LogP) is 5.02. The number of halogens is 3. The summed E-state index contributed by atoms with van der Waals surface area (Å²) in [4.78, 5) is 5.71. The van der Waals surface area contributed by atoms with Crippen LogP contribution in [0.1, 0.15) is 10.7 Å². The Kier molecular flexibility index (Phi) is 4.62. The topological polar surface area (TPSA) is 17.8 Å². The van der Waals surface area contributed by atoms with Crippen LogP contribution < -0.4 is 0 Å². The monoisotopic (exact) mass is 386 g/mol. The van der Waals surface area contributed by atoms with E-state index < -0.39 is 0 Å². The van der Waals surface area contributed by atoms with Gasteiger partial charge in [0.15, 0.2) is 5.82 Å². The third-order valence-corrected chi connectivity index (χ3v) is 5.21. The van der Waals surface area contributed by atoms with E-state index in [9.17, 15) is 4.39 Å². The first-order valence-corrected chi connectivity index (χ1v) is 8.77. The highest BCUT2D eigenvalue weighted by Gasteiger charge is 2.13. The Morgan fingerprint density at radius 1 is 1.24 bits per heavy atom. The second-order valence-electron chi connectivity index (χ2n) is 4.68. The molecule has 0 saturated carbocycles. The third kappa shape index (κ3) is 3.15. The quantitative estimate of drug-likeness (QED) is 0.562. The van der Waals surface area contributed by atoms with E-state index in [1.807, 2.05) is 12.1 Å². The minimum atomic E-state index is -0.277. The van der Waals surface area contributed by atoms with Crippen molar-refractivity contribution in [2.45, 2.75) is 19.4 Å². The van der Waals surface area contributed by atoms with E-state index in [0.29, 0.717) is 17.8 Å². The molecular formula is C15H13BrClFN2S. The average Bonchev–Trinajstić information content (AvgIpc) is 3.02. The van der Waals surface area contributed by atoms with Crippen molar-refractivity contribution in [3.8, 4) is 0 Å². The summed E-state index contributed by atoms with van der Waals surface area (Å²) in [6.45, 7) is 0.777. The molecule has 0 fully saturated rings. The van der Waals surface area contributed by atoms with Crippen LogP contribution in [0.25, 0.3) is 11.0 Å². The molecule has 21 heavy (non-hydrogen) atoms. The molecule has 0 aliphatic rings. The molecule has 0 N–H and O–H groups in total. The molecule has 110 valence electrons. The number of aryl methyl sites for hydroxylation is 3. The highest BCUT2D eigenvalue weighted by atomic mass is 79.9. The SMILES string of the molecule is Fc1cccc2c1nc(CCCl)n2CCc1ccc(Br)s1. The number of alkyl halides is 1. The summed E-state index contributed by atoms with van der Waals surface area (Å²) >= 11 is 11.0. The molecule has 0 radical (unpaired) electrons. The molecule has 0 amide bonds. The Morgan fingerprint density at radius 3 is 2.81 bits per heavy atom. The van der Waals surface area contributed by atoms with Crippen LogP contribution in [-0.2, 0) is 19.4 Å². The molecule has 3 rings (SSSR count). The van der Waals surface area contributed by atoms with Gasteiger partial charge in [0.25, 0.3) is 0 Å². The highest BCUT2D eigenvalue weighted by Crippen LogP contribution is 2.24. The van der Waals surface area contributed by atoms with Crippen LogP contribution in [0, 0.1) is 5.82 Å². The molecule has 2 nitrogen and oxygen atoms in total. The van der Waals surface area contributed by atoms with Crippen molar-refractivity contribution in [2.24, 2.45) is 0 Å². The number of imidazole rings is 1. The van der Waals surface area contributed by atoms with E-state index in [0.717, 1.165) is 28.1 Å². The lowest BCUT2D eigenvalue weighted by Gasteiger charge is -2.07. The molecule has 6 heteroatoms. The molecule has 3 aromatic rings. The standard InChI is InChI=1S/C15H13BrClFN2S/c16-13-5-4-10(21-13)7-9-20-12-3-1-2-11(18)15(12)19-14(20)6-8-17/h1-5H,6-9H2. The fraction of sp³-hybridized carbons (Fsp3) is 0.267. The first kappa shape index (κ1) is 15.0. The van der Waals surface area contributed by atoms with Gasteiger partial charge in [0, 0.05) is 23.7 Å². The highest BCUT2D eigenvalue weighted by molar-refractivity contribution is 9.11. The number of nitrogens with zero attached hydrogens (tertiary/aromatic N) is 2.